The van der Waals surface area contributed by atoms with Gasteiger partial charge < -0.3 is 10.3 Å². The van der Waals surface area contributed by atoms with Crippen molar-refractivity contribution in [2.45, 2.75) is 25.8 Å². The van der Waals surface area contributed by atoms with Crippen molar-refractivity contribution in [3.63, 3.8) is 0 Å². The van der Waals surface area contributed by atoms with Crippen LogP contribution in [0.5, 0.6) is 0 Å². The van der Waals surface area contributed by atoms with E-state index in [0.717, 1.165) is 18.1 Å². The van der Waals surface area contributed by atoms with Crippen LogP contribution in [0.1, 0.15) is 25.0 Å². The lowest BCUT2D eigenvalue weighted by Gasteiger charge is -2.06. The highest BCUT2D eigenvalue weighted by atomic mass is 32.2. The van der Waals surface area contributed by atoms with Crippen molar-refractivity contribution in [3.8, 4) is 0 Å². The Balaban J connectivity index is 2.24. The molecule has 1 fully saturated rings. The van der Waals surface area contributed by atoms with Gasteiger partial charge in [0.05, 0.1) is 12.0 Å². The van der Waals surface area contributed by atoms with Crippen molar-refractivity contribution in [1.82, 2.24) is 9.55 Å². The van der Waals surface area contributed by atoms with E-state index < -0.39 is 0 Å². The maximum absolute atomic E-state index is 5.98. The summed E-state index contributed by atoms with van der Waals surface area (Å²) in [4.78, 5) is 4.39. The molecule has 0 spiro atoms. The van der Waals surface area contributed by atoms with E-state index in [1.165, 1.54) is 17.9 Å². The monoisotopic (exact) mass is 197 g/mol. The van der Waals surface area contributed by atoms with Gasteiger partial charge >= 0.3 is 0 Å². The number of anilines is 1. The standard InChI is InChI=1S/C9H15N3S/c1-2-12-6-11-8(9(12)10)7-3-4-13-5-7/h6-7H,2-5,10H2,1H3. The van der Waals surface area contributed by atoms with Crippen LogP contribution in [-0.2, 0) is 6.54 Å². The second-order valence-electron chi connectivity index (χ2n) is 3.36. The third kappa shape index (κ3) is 1.55. The van der Waals surface area contributed by atoms with Gasteiger partial charge in [-0.3, -0.25) is 0 Å². The van der Waals surface area contributed by atoms with Crippen LogP contribution in [0.25, 0.3) is 0 Å². The molecule has 1 atom stereocenters. The van der Waals surface area contributed by atoms with Crippen molar-refractivity contribution < 1.29 is 0 Å². The third-order valence-corrected chi connectivity index (χ3v) is 3.73. The predicted molar refractivity (Wildman–Crippen MR) is 57.0 cm³/mol. The van der Waals surface area contributed by atoms with Crippen LogP contribution in [0.15, 0.2) is 6.33 Å². The largest absolute Gasteiger partial charge is 0.384 e. The molecule has 13 heavy (non-hydrogen) atoms. The molecule has 2 N–H and O–H groups in total. The van der Waals surface area contributed by atoms with Crippen LogP contribution in [0, 0.1) is 0 Å². The van der Waals surface area contributed by atoms with Gasteiger partial charge in [0.1, 0.15) is 5.82 Å². The number of rotatable bonds is 2. The van der Waals surface area contributed by atoms with Gasteiger partial charge in [0.15, 0.2) is 0 Å². The van der Waals surface area contributed by atoms with Crippen LogP contribution >= 0.6 is 11.8 Å². The van der Waals surface area contributed by atoms with Gasteiger partial charge in [-0.1, -0.05) is 0 Å². The molecule has 0 aromatic carbocycles. The summed E-state index contributed by atoms with van der Waals surface area (Å²) in [6.07, 6.45) is 3.09. The van der Waals surface area contributed by atoms with Crippen LogP contribution in [0.4, 0.5) is 5.82 Å². The summed E-state index contributed by atoms with van der Waals surface area (Å²) in [5.41, 5.74) is 7.10. The number of nitrogens with two attached hydrogens (primary N) is 1. The highest BCUT2D eigenvalue weighted by Crippen LogP contribution is 2.34. The summed E-state index contributed by atoms with van der Waals surface area (Å²) in [6.45, 7) is 3.00. The van der Waals surface area contributed by atoms with Crippen molar-refractivity contribution in [2.75, 3.05) is 17.2 Å². The molecule has 1 aromatic rings. The Morgan fingerprint density at radius 2 is 2.62 bits per heavy atom. The van der Waals surface area contributed by atoms with Gasteiger partial charge in [-0.2, -0.15) is 11.8 Å². The fourth-order valence-electron chi connectivity index (χ4n) is 1.72. The normalized spacial score (nSPS) is 22.4. The highest BCUT2D eigenvalue weighted by molar-refractivity contribution is 7.99. The molecule has 1 aromatic heterocycles. The van der Waals surface area contributed by atoms with Crippen molar-refractivity contribution in [3.05, 3.63) is 12.0 Å². The number of imidazole rings is 1. The molecule has 2 rings (SSSR count). The number of hydrogen-bond acceptors (Lipinski definition) is 3. The molecule has 0 amide bonds. The summed E-state index contributed by atoms with van der Waals surface area (Å²) in [5.74, 6) is 3.90. The lowest BCUT2D eigenvalue weighted by Crippen LogP contribution is -2.04. The number of aryl methyl sites for hydroxylation is 1. The minimum Gasteiger partial charge on any atom is -0.384 e. The first-order valence-corrected chi connectivity index (χ1v) is 5.86. The molecule has 2 heterocycles. The van der Waals surface area contributed by atoms with Gasteiger partial charge in [-0.15, -0.1) is 0 Å². The Morgan fingerprint density at radius 3 is 3.15 bits per heavy atom. The van der Waals surface area contributed by atoms with E-state index in [1.54, 1.807) is 0 Å². The van der Waals surface area contributed by atoms with Gasteiger partial charge in [0.25, 0.3) is 0 Å². The first kappa shape index (κ1) is 8.94. The minimum atomic E-state index is 0.595. The van der Waals surface area contributed by atoms with Crippen LogP contribution in [0.2, 0.25) is 0 Å². The molecule has 0 radical (unpaired) electrons. The molecule has 1 aliphatic heterocycles. The Labute approximate surface area is 82.7 Å². The molecule has 1 unspecified atom stereocenters. The maximum atomic E-state index is 5.98. The molecular formula is C9H15N3S. The van der Waals surface area contributed by atoms with Crippen LogP contribution in [-0.4, -0.2) is 21.1 Å². The molecule has 1 saturated heterocycles. The topological polar surface area (TPSA) is 43.8 Å². The average molecular weight is 197 g/mol. The number of thioether (sulfide) groups is 1. The number of aromatic nitrogens is 2. The molecular weight excluding hydrogens is 182 g/mol. The smallest absolute Gasteiger partial charge is 0.126 e. The van der Waals surface area contributed by atoms with Crippen LogP contribution < -0.4 is 5.73 Å². The Morgan fingerprint density at radius 1 is 1.77 bits per heavy atom. The maximum Gasteiger partial charge on any atom is 0.126 e. The molecule has 4 heteroatoms. The van der Waals surface area contributed by atoms with Crippen molar-refractivity contribution >= 4 is 17.6 Å². The zero-order valence-electron chi connectivity index (χ0n) is 7.86. The molecule has 0 bridgehead atoms. The second-order valence-corrected chi connectivity index (χ2v) is 4.51. The number of nitrogen functional groups attached to an aromatic ring is 1. The van der Waals surface area contributed by atoms with E-state index >= 15 is 0 Å². The molecule has 1 aliphatic rings. The number of hydrogen-bond donors (Lipinski definition) is 1. The first-order chi connectivity index (χ1) is 6.33. The first-order valence-electron chi connectivity index (χ1n) is 4.71. The molecule has 3 nitrogen and oxygen atoms in total. The number of nitrogens with zero attached hydrogens (tertiary/aromatic N) is 2. The summed E-state index contributed by atoms with van der Waals surface area (Å²) >= 11 is 2.00. The van der Waals surface area contributed by atoms with Crippen molar-refractivity contribution in [2.24, 2.45) is 0 Å². The zero-order chi connectivity index (χ0) is 9.26. The summed E-state index contributed by atoms with van der Waals surface area (Å²) in [7, 11) is 0. The van der Waals surface area contributed by atoms with E-state index in [2.05, 4.69) is 11.9 Å². The third-order valence-electron chi connectivity index (χ3n) is 2.57. The molecule has 0 saturated carbocycles. The van der Waals surface area contributed by atoms with Gasteiger partial charge in [-0.05, 0) is 19.1 Å². The molecule has 0 aliphatic carbocycles. The van der Waals surface area contributed by atoms with Gasteiger partial charge in [0, 0.05) is 18.2 Å². The van der Waals surface area contributed by atoms with Crippen molar-refractivity contribution in [1.29, 1.82) is 0 Å². The van der Waals surface area contributed by atoms with E-state index in [0.29, 0.717) is 5.92 Å². The summed E-state index contributed by atoms with van der Waals surface area (Å²) in [6, 6.07) is 0. The average Bonchev–Trinajstić information content (AvgIpc) is 2.72. The van der Waals surface area contributed by atoms with Gasteiger partial charge in [-0.25, -0.2) is 4.98 Å². The lowest BCUT2D eigenvalue weighted by atomic mass is 10.1. The second kappa shape index (κ2) is 3.62. The van der Waals surface area contributed by atoms with Crippen LogP contribution in [0.3, 0.4) is 0 Å². The Bertz CT molecular complexity index is 289. The predicted octanol–water partition coefficient (Wildman–Crippen LogP) is 1.71. The van der Waals surface area contributed by atoms with E-state index in [1.807, 2.05) is 22.7 Å². The van der Waals surface area contributed by atoms with E-state index in [4.69, 9.17) is 5.73 Å². The Hall–Kier alpha value is -0.640. The zero-order valence-corrected chi connectivity index (χ0v) is 8.68. The summed E-state index contributed by atoms with van der Waals surface area (Å²) in [5, 5.41) is 0. The lowest BCUT2D eigenvalue weighted by molar-refractivity contribution is 0.752. The van der Waals surface area contributed by atoms with E-state index in [9.17, 15) is 0 Å². The fraction of sp³-hybridized carbons (Fsp3) is 0.667. The highest BCUT2D eigenvalue weighted by Gasteiger charge is 2.22. The minimum absolute atomic E-state index is 0.595. The quantitative estimate of drug-likeness (QED) is 0.785. The van der Waals surface area contributed by atoms with Gasteiger partial charge in [0.2, 0.25) is 0 Å². The fourth-order valence-corrected chi connectivity index (χ4v) is 2.95. The molecule has 72 valence electrons. The van der Waals surface area contributed by atoms with E-state index in [-0.39, 0.29) is 0 Å². The SMILES string of the molecule is CCn1cnc(C2CCSC2)c1N. The Kier molecular flexibility index (Phi) is 2.49. The summed E-state index contributed by atoms with van der Waals surface area (Å²) < 4.78 is 2.01.